The van der Waals surface area contributed by atoms with Crippen LogP contribution >= 0.6 is 11.8 Å². The molecule has 2 nitrogen and oxygen atoms in total. The second kappa shape index (κ2) is 6.59. The number of nitrogens with one attached hydrogen (secondary N) is 1. The molecule has 19 heavy (non-hydrogen) atoms. The van der Waals surface area contributed by atoms with Crippen molar-refractivity contribution in [1.82, 2.24) is 5.32 Å². The van der Waals surface area contributed by atoms with Crippen LogP contribution < -0.4 is 11.1 Å². The first-order valence-electron chi connectivity index (χ1n) is 6.22. The van der Waals surface area contributed by atoms with E-state index in [9.17, 15) is 4.39 Å². The summed E-state index contributed by atoms with van der Waals surface area (Å²) in [5, 5.41) is 3.31. The molecule has 0 aromatic heterocycles. The highest BCUT2D eigenvalue weighted by molar-refractivity contribution is 7.99. The van der Waals surface area contributed by atoms with E-state index in [0.717, 1.165) is 22.9 Å². The van der Waals surface area contributed by atoms with Crippen molar-refractivity contribution in [3.05, 3.63) is 53.8 Å². The Kier molecular flexibility index (Phi) is 4.82. The van der Waals surface area contributed by atoms with Crippen molar-refractivity contribution in [2.75, 3.05) is 12.3 Å². The molecule has 0 aliphatic rings. The van der Waals surface area contributed by atoms with Gasteiger partial charge in [0, 0.05) is 22.0 Å². The first kappa shape index (κ1) is 13.9. The Balaban J connectivity index is 2.22. The molecule has 0 fully saturated rings. The Morgan fingerprint density at radius 3 is 2.68 bits per heavy atom. The predicted molar refractivity (Wildman–Crippen MR) is 78.8 cm³/mol. The van der Waals surface area contributed by atoms with Gasteiger partial charge in [-0.05, 0) is 36.4 Å². The number of nitrogens with two attached hydrogens (primary N) is 1. The Hall–Kier alpha value is -1.52. The van der Waals surface area contributed by atoms with Crippen molar-refractivity contribution in [3.8, 4) is 0 Å². The Morgan fingerprint density at radius 2 is 1.95 bits per heavy atom. The topological polar surface area (TPSA) is 38.0 Å². The summed E-state index contributed by atoms with van der Waals surface area (Å²) in [5.74, 6) is -0.303. The van der Waals surface area contributed by atoms with Gasteiger partial charge in [0.05, 0.1) is 0 Å². The summed E-state index contributed by atoms with van der Waals surface area (Å²) in [6.07, 6.45) is 0. The van der Waals surface area contributed by atoms with Crippen molar-refractivity contribution in [3.63, 3.8) is 0 Å². The number of halogens is 1. The summed E-state index contributed by atoms with van der Waals surface area (Å²) >= 11 is 1.57. The lowest BCUT2D eigenvalue weighted by Gasteiger charge is -2.11. The summed E-state index contributed by atoms with van der Waals surface area (Å²) in [6.45, 7) is 3.83. The van der Waals surface area contributed by atoms with Gasteiger partial charge in [-0.25, -0.2) is 4.39 Å². The largest absolute Gasteiger partial charge is 0.398 e. The first-order chi connectivity index (χ1) is 9.20. The lowest BCUT2D eigenvalue weighted by molar-refractivity contribution is 0.627. The minimum Gasteiger partial charge on any atom is -0.398 e. The Morgan fingerprint density at radius 1 is 1.16 bits per heavy atom. The van der Waals surface area contributed by atoms with Crippen LogP contribution in [0.25, 0.3) is 0 Å². The normalized spacial score (nSPS) is 10.6. The molecular weight excluding hydrogens is 259 g/mol. The van der Waals surface area contributed by atoms with Crippen LogP contribution in [0.15, 0.2) is 52.3 Å². The third-order valence-electron chi connectivity index (χ3n) is 2.73. The first-order valence-corrected chi connectivity index (χ1v) is 7.04. The van der Waals surface area contributed by atoms with Crippen LogP contribution in [0.1, 0.15) is 12.5 Å². The highest BCUT2D eigenvalue weighted by Crippen LogP contribution is 2.34. The van der Waals surface area contributed by atoms with E-state index < -0.39 is 0 Å². The summed E-state index contributed by atoms with van der Waals surface area (Å²) in [7, 11) is 0. The highest BCUT2D eigenvalue weighted by Gasteiger charge is 2.07. The van der Waals surface area contributed by atoms with Crippen molar-refractivity contribution in [2.24, 2.45) is 0 Å². The van der Waals surface area contributed by atoms with Crippen LogP contribution in [-0.4, -0.2) is 6.54 Å². The van der Waals surface area contributed by atoms with Gasteiger partial charge in [0.2, 0.25) is 0 Å². The molecule has 0 unspecified atom stereocenters. The third kappa shape index (κ3) is 3.72. The Bertz CT molecular complexity index is 558. The standard InChI is InChI=1S/C15H17FN2S/c1-2-18-10-11-5-3-4-6-14(11)19-15-8-7-12(16)9-13(15)17/h3-9,18H,2,10,17H2,1H3. The monoisotopic (exact) mass is 276 g/mol. The van der Waals surface area contributed by atoms with Gasteiger partial charge >= 0.3 is 0 Å². The third-order valence-corrected chi connectivity index (χ3v) is 3.94. The van der Waals surface area contributed by atoms with Gasteiger partial charge in [-0.15, -0.1) is 0 Å². The number of anilines is 1. The van der Waals surface area contributed by atoms with Gasteiger partial charge in [-0.3, -0.25) is 0 Å². The number of hydrogen-bond donors (Lipinski definition) is 2. The van der Waals surface area contributed by atoms with Crippen molar-refractivity contribution < 1.29 is 4.39 Å². The average Bonchev–Trinajstić information content (AvgIpc) is 2.41. The van der Waals surface area contributed by atoms with E-state index in [1.165, 1.54) is 17.7 Å². The number of hydrogen-bond acceptors (Lipinski definition) is 3. The molecule has 3 N–H and O–H groups in total. The van der Waals surface area contributed by atoms with Gasteiger partial charge < -0.3 is 11.1 Å². The molecule has 0 spiro atoms. The molecule has 2 rings (SSSR count). The average molecular weight is 276 g/mol. The maximum absolute atomic E-state index is 13.0. The second-order valence-corrected chi connectivity index (χ2v) is 5.26. The molecule has 2 aromatic rings. The molecule has 0 aliphatic heterocycles. The van der Waals surface area contributed by atoms with Crippen LogP contribution in [-0.2, 0) is 6.54 Å². The van der Waals surface area contributed by atoms with Gasteiger partial charge in [0.1, 0.15) is 5.82 Å². The van der Waals surface area contributed by atoms with Crippen LogP contribution in [0.4, 0.5) is 10.1 Å². The van der Waals surface area contributed by atoms with Crippen molar-refractivity contribution in [1.29, 1.82) is 0 Å². The maximum Gasteiger partial charge on any atom is 0.125 e. The minimum atomic E-state index is -0.303. The molecule has 0 saturated heterocycles. The second-order valence-electron chi connectivity index (χ2n) is 4.17. The zero-order chi connectivity index (χ0) is 13.7. The summed E-state index contributed by atoms with van der Waals surface area (Å²) in [4.78, 5) is 2.02. The lowest BCUT2D eigenvalue weighted by Crippen LogP contribution is -2.12. The number of rotatable bonds is 5. The molecule has 0 aliphatic carbocycles. The molecule has 100 valence electrons. The molecular formula is C15H17FN2S. The zero-order valence-corrected chi connectivity index (χ0v) is 11.6. The van der Waals surface area contributed by atoms with Gasteiger partial charge in [-0.1, -0.05) is 36.9 Å². The maximum atomic E-state index is 13.0. The Labute approximate surface area is 117 Å². The summed E-state index contributed by atoms with van der Waals surface area (Å²) < 4.78 is 13.0. The summed E-state index contributed by atoms with van der Waals surface area (Å²) in [5.41, 5.74) is 7.54. The molecule has 0 bridgehead atoms. The highest BCUT2D eigenvalue weighted by atomic mass is 32.2. The van der Waals surface area contributed by atoms with E-state index in [0.29, 0.717) is 5.69 Å². The van der Waals surface area contributed by atoms with E-state index >= 15 is 0 Å². The lowest BCUT2D eigenvalue weighted by atomic mass is 10.2. The van der Waals surface area contributed by atoms with E-state index in [-0.39, 0.29) is 5.82 Å². The molecule has 0 saturated carbocycles. The molecule has 2 aromatic carbocycles. The van der Waals surface area contributed by atoms with Gasteiger partial charge in [0.15, 0.2) is 0 Å². The van der Waals surface area contributed by atoms with Crippen molar-refractivity contribution in [2.45, 2.75) is 23.3 Å². The number of nitrogen functional groups attached to an aromatic ring is 1. The fourth-order valence-corrected chi connectivity index (χ4v) is 2.71. The van der Waals surface area contributed by atoms with E-state index in [4.69, 9.17) is 5.73 Å². The van der Waals surface area contributed by atoms with Crippen LogP contribution in [0.5, 0.6) is 0 Å². The zero-order valence-electron chi connectivity index (χ0n) is 10.8. The SMILES string of the molecule is CCNCc1ccccc1Sc1ccc(F)cc1N. The quantitative estimate of drug-likeness (QED) is 0.818. The smallest absolute Gasteiger partial charge is 0.125 e. The molecule has 0 heterocycles. The number of benzene rings is 2. The van der Waals surface area contributed by atoms with Crippen LogP contribution in [0, 0.1) is 5.82 Å². The van der Waals surface area contributed by atoms with Gasteiger partial charge in [-0.2, -0.15) is 0 Å². The van der Waals surface area contributed by atoms with Gasteiger partial charge in [0.25, 0.3) is 0 Å². The van der Waals surface area contributed by atoms with Crippen molar-refractivity contribution >= 4 is 17.4 Å². The van der Waals surface area contributed by atoms with Crippen LogP contribution in [0.2, 0.25) is 0 Å². The van der Waals surface area contributed by atoms with Crippen LogP contribution in [0.3, 0.4) is 0 Å². The molecule has 0 radical (unpaired) electrons. The molecule has 4 heteroatoms. The molecule has 0 atom stereocenters. The predicted octanol–water partition coefficient (Wildman–Crippen LogP) is 3.67. The van der Waals surface area contributed by atoms with E-state index in [1.54, 1.807) is 17.8 Å². The molecule has 0 amide bonds. The summed E-state index contributed by atoms with van der Waals surface area (Å²) in [6, 6.07) is 12.7. The minimum absolute atomic E-state index is 0.303. The van der Waals surface area contributed by atoms with E-state index in [2.05, 4.69) is 24.4 Å². The fourth-order valence-electron chi connectivity index (χ4n) is 1.74. The van der Waals surface area contributed by atoms with E-state index in [1.807, 2.05) is 12.1 Å². The fraction of sp³-hybridized carbons (Fsp3) is 0.200.